The zero-order chi connectivity index (χ0) is 33.3. The molecule has 0 unspecified atom stereocenters. The third kappa shape index (κ3) is 6.30. The quantitative estimate of drug-likeness (QED) is 0.172. The number of hydrogen-bond acceptors (Lipinski definition) is 9. The van der Waals surface area contributed by atoms with Crippen molar-refractivity contribution in [3.8, 4) is 5.69 Å². The second-order valence-electron chi connectivity index (χ2n) is 11.5. The van der Waals surface area contributed by atoms with Crippen LogP contribution in [0.5, 0.6) is 0 Å². The fourth-order valence-electron chi connectivity index (χ4n) is 5.66. The lowest BCUT2D eigenvalue weighted by Crippen LogP contribution is -2.30. The predicted molar refractivity (Wildman–Crippen MR) is 181 cm³/mol. The van der Waals surface area contributed by atoms with Crippen LogP contribution in [0, 0.1) is 13.8 Å². The number of methoxy groups -OCH3 is 2. The van der Waals surface area contributed by atoms with Crippen LogP contribution in [-0.2, 0) is 26.0 Å². The number of ketones is 1. The molecule has 6 rings (SSSR count). The lowest BCUT2D eigenvalue weighted by atomic mass is 10.1. The first-order chi connectivity index (χ1) is 22.6. The molecule has 0 bridgehead atoms. The Hall–Kier alpha value is -4.82. The summed E-state index contributed by atoms with van der Waals surface area (Å²) in [4.78, 5) is 24.1. The van der Waals surface area contributed by atoms with E-state index < -0.39 is 15.8 Å². The Labute approximate surface area is 272 Å². The summed E-state index contributed by atoms with van der Waals surface area (Å²) in [6, 6.07) is 19.2. The lowest BCUT2D eigenvalue weighted by Gasteiger charge is -2.22. The summed E-state index contributed by atoms with van der Waals surface area (Å²) in [6.07, 6.45) is 1.37. The monoisotopic (exact) mass is 655 g/mol. The standard InChI is InChI=1S/C34H37N7O5S/c1-22-5-10-27(11-6-22)47(43,44)41-31-17-24(21-39(13-15-45-3)14-16-46-4)7-8-25(31)18-32(41)33(42)28-20-36-40(34(28)35)26-9-12-29-30(19-26)38-23(2)37-29/h5-12,17-20H,13-16,21,35H2,1-4H3,(H,37,38). The largest absolute Gasteiger partial charge is 0.383 e. The maximum atomic E-state index is 14.3. The van der Waals surface area contributed by atoms with E-state index >= 15 is 0 Å². The summed E-state index contributed by atoms with van der Waals surface area (Å²) >= 11 is 0. The maximum Gasteiger partial charge on any atom is 0.268 e. The summed E-state index contributed by atoms with van der Waals surface area (Å²) in [7, 11) is -0.913. The Kier molecular flexibility index (Phi) is 8.97. The number of nitrogens with one attached hydrogen (secondary N) is 1. The van der Waals surface area contributed by atoms with Crippen LogP contribution in [0.15, 0.2) is 77.8 Å². The van der Waals surface area contributed by atoms with Crippen LogP contribution in [0.3, 0.4) is 0 Å². The Balaban J connectivity index is 1.45. The van der Waals surface area contributed by atoms with Crippen molar-refractivity contribution < 1.29 is 22.7 Å². The molecule has 0 saturated heterocycles. The molecule has 3 aromatic heterocycles. The van der Waals surface area contributed by atoms with Gasteiger partial charge in [0.15, 0.2) is 0 Å². The van der Waals surface area contributed by atoms with E-state index in [-0.39, 0.29) is 22.0 Å². The molecule has 0 saturated carbocycles. The first-order valence-electron chi connectivity index (χ1n) is 15.1. The molecule has 0 aliphatic carbocycles. The Bertz CT molecular complexity index is 2170. The molecule has 12 nitrogen and oxygen atoms in total. The first-order valence-corrected chi connectivity index (χ1v) is 16.6. The molecule has 0 fully saturated rings. The number of benzene rings is 3. The van der Waals surface area contributed by atoms with Gasteiger partial charge in [0.2, 0.25) is 5.78 Å². The molecule has 3 aromatic carbocycles. The van der Waals surface area contributed by atoms with Crippen LogP contribution >= 0.6 is 0 Å². The number of carbonyl (C=O) groups excluding carboxylic acids is 1. The molecule has 0 atom stereocenters. The van der Waals surface area contributed by atoms with Gasteiger partial charge in [-0.25, -0.2) is 22.1 Å². The molecule has 0 aliphatic heterocycles. The number of fused-ring (bicyclic) bond motifs is 2. The summed E-state index contributed by atoms with van der Waals surface area (Å²) in [5.41, 5.74) is 11.0. The molecule has 47 heavy (non-hydrogen) atoms. The highest BCUT2D eigenvalue weighted by Gasteiger charge is 2.29. The van der Waals surface area contributed by atoms with E-state index in [1.807, 2.05) is 50.2 Å². The molecule has 244 valence electrons. The summed E-state index contributed by atoms with van der Waals surface area (Å²) < 4.78 is 41.8. The number of aromatic nitrogens is 5. The van der Waals surface area contributed by atoms with Crippen LogP contribution in [0.1, 0.15) is 33.0 Å². The molecule has 0 radical (unpaired) electrons. The van der Waals surface area contributed by atoms with Gasteiger partial charge >= 0.3 is 0 Å². The van der Waals surface area contributed by atoms with Gasteiger partial charge in [-0.15, -0.1) is 0 Å². The minimum absolute atomic E-state index is 0.0424. The number of aryl methyl sites for hydroxylation is 2. The van der Waals surface area contributed by atoms with E-state index in [4.69, 9.17) is 15.2 Å². The molecule has 6 aromatic rings. The number of H-pyrrole nitrogens is 1. The number of nitrogens with zero attached hydrogens (tertiary/aromatic N) is 5. The van der Waals surface area contributed by atoms with Gasteiger partial charge in [0.05, 0.1) is 52.1 Å². The number of hydrogen-bond donors (Lipinski definition) is 2. The average molecular weight is 656 g/mol. The number of nitrogen functional groups attached to an aromatic ring is 1. The van der Waals surface area contributed by atoms with Gasteiger partial charge in [-0.2, -0.15) is 5.10 Å². The zero-order valence-corrected chi connectivity index (χ0v) is 27.5. The topological polar surface area (TPSA) is 150 Å². The van der Waals surface area contributed by atoms with Crippen molar-refractivity contribution in [3.05, 3.63) is 101 Å². The van der Waals surface area contributed by atoms with Crippen molar-refractivity contribution in [2.24, 2.45) is 0 Å². The van der Waals surface area contributed by atoms with E-state index in [0.29, 0.717) is 49.4 Å². The highest BCUT2D eigenvalue weighted by atomic mass is 32.2. The summed E-state index contributed by atoms with van der Waals surface area (Å²) in [5.74, 6) is 0.287. The van der Waals surface area contributed by atoms with Crippen LogP contribution in [0.25, 0.3) is 27.6 Å². The number of nitrogens with two attached hydrogens (primary N) is 1. The molecule has 0 spiro atoms. The normalized spacial score (nSPS) is 12.1. The van der Waals surface area contributed by atoms with Gasteiger partial charge in [0.1, 0.15) is 17.3 Å². The van der Waals surface area contributed by atoms with Gasteiger partial charge in [-0.3, -0.25) is 9.69 Å². The van der Waals surface area contributed by atoms with E-state index in [1.165, 1.54) is 10.9 Å². The SMILES string of the molecule is COCCN(CCOC)Cc1ccc2cc(C(=O)c3cnn(-c4ccc5nc(C)[nH]c5c4)c3N)n(S(=O)(=O)c3ccc(C)cc3)c2c1. The molecule has 13 heteroatoms. The van der Waals surface area contributed by atoms with E-state index in [2.05, 4.69) is 20.0 Å². The Morgan fingerprint density at radius 2 is 1.68 bits per heavy atom. The Morgan fingerprint density at radius 1 is 0.957 bits per heavy atom. The van der Waals surface area contributed by atoms with Crippen molar-refractivity contribution >= 4 is 43.6 Å². The van der Waals surface area contributed by atoms with Gasteiger partial charge in [-0.05, 0) is 61.9 Å². The fraction of sp³-hybridized carbons (Fsp3) is 0.265. The number of ether oxygens (including phenoxy) is 2. The number of carbonyl (C=O) groups is 1. The fourth-order valence-corrected chi connectivity index (χ4v) is 7.16. The summed E-state index contributed by atoms with van der Waals surface area (Å²) in [5, 5.41) is 5.00. The van der Waals surface area contributed by atoms with Gasteiger partial charge in [0.25, 0.3) is 10.0 Å². The first kappa shape index (κ1) is 32.1. The smallest absolute Gasteiger partial charge is 0.268 e. The number of rotatable bonds is 13. The Morgan fingerprint density at radius 3 is 2.38 bits per heavy atom. The number of aromatic amines is 1. The molecule has 0 aliphatic rings. The second kappa shape index (κ2) is 13.1. The minimum Gasteiger partial charge on any atom is -0.383 e. The molecule has 3 heterocycles. The van der Waals surface area contributed by atoms with Crippen LogP contribution in [0.4, 0.5) is 5.82 Å². The van der Waals surface area contributed by atoms with E-state index in [1.54, 1.807) is 44.6 Å². The summed E-state index contributed by atoms with van der Waals surface area (Å²) in [6.45, 7) is 6.68. The minimum atomic E-state index is -4.21. The number of anilines is 1. The average Bonchev–Trinajstić information content (AvgIpc) is 3.75. The molecule has 3 N–H and O–H groups in total. The van der Waals surface area contributed by atoms with E-state index in [9.17, 15) is 13.2 Å². The van der Waals surface area contributed by atoms with Crippen molar-refractivity contribution in [2.75, 3.05) is 46.3 Å². The van der Waals surface area contributed by atoms with Crippen LogP contribution in [-0.4, -0.2) is 83.3 Å². The van der Waals surface area contributed by atoms with Crippen molar-refractivity contribution in [1.82, 2.24) is 28.6 Å². The van der Waals surface area contributed by atoms with Crippen molar-refractivity contribution in [3.63, 3.8) is 0 Å². The van der Waals surface area contributed by atoms with Crippen molar-refractivity contribution in [2.45, 2.75) is 25.3 Å². The lowest BCUT2D eigenvalue weighted by molar-refractivity contribution is 0.103. The van der Waals surface area contributed by atoms with Gasteiger partial charge in [-0.1, -0.05) is 29.8 Å². The van der Waals surface area contributed by atoms with Crippen molar-refractivity contribution in [1.29, 1.82) is 0 Å². The van der Waals surface area contributed by atoms with E-state index in [0.717, 1.165) is 32.0 Å². The molecular formula is C34H37N7O5S. The zero-order valence-electron chi connectivity index (χ0n) is 26.7. The third-order valence-electron chi connectivity index (χ3n) is 8.13. The maximum absolute atomic E-state index is 14.3. The van der Waals surface area contributed by atoms with Gasteiger partial charge < -0.3 is 20.2 Å². The van der Waals surface area contributed by atoms with Gasteiger partial charge in [0, 0.05) is 39.2 Å². The third-order valence-corrected chi connectivity index (χ3v) is 9.87. The molecular weight excluding hydrogens is 618 g/mol. The predicted octanol–water partition coefficient (Wildman–Crippen LogP) is 4.47. The highest BCUT2D eigenvalue weighted by molar-refractivity contribution is 7.90. The molecule has 0 amide bonds. The van der Waals surface area contributed by atoms with Crippen LogP contribution in [0.2, 0.25) is 0 Å². The highest BCUT2D eigenvalue weighted by Crippen LogP contribution is 2.31. The number of imidazole rings is 1. The second-order valence-corrected chi connectivity index (χ2v) is 13.3. The van der Waals surface area contributed by atoms with Crippen LogP contribution < -0.4 is 5.73 Å².